The second-order valence-corrected chi connectivity index (χ2v) is 23.7. The van der Waals surface area contributed by atoms with Crippen LogP contribution in [0.5, 0.6) is 5.75 Å². The highest BCUT2D eigenvalue weighted by Gasteiger charge is 2.33. The van der Waals surface area contributed by atoms with E-state index >= 15 is 0 Å². The molecule has 2 N–H and O–H groups in total. The van der Waals surface area contributed by atoms with E-state index in [9.17, 15) is 19.2 Å². The largest absolute Gasteiger partial charge is 0.490 e. The number of carbonyl (C=O) groups is 4. The number of nitrogens with zero attached hydrogens (tertiary/aromatic N) is 7. The van der Waals surface area contributed by atoms with Crippen LogP contribution in [0.25, 0.3) is 32.2 Å². The summed E-state index contributed by atoms with van der Waals surface area (Å²) in [5.41, 5.74) is 8.43. The van der Waals surface area contributed by atoms with Crippen LogP contribution >= 0.6 is 11.3 Å². The molecule has 0 radical (unpaired) electrons. The third-order valence-corrected chi connectivity index (χ3v) is 16.9. The third-order valence-electron chi connectivity index (χ3n) is 16.0. The topological polar surface area (TPSA) is 164 Å². The number of aryl methyl sites for hydroxylation is 1. The van der Waals surface area contributed by atoms with Gasteiger partial charge < -0.3 is 19.3 Å². The van der Waals surface area contributed by atoms with Gasteiger partial charge in [0.2, 0.25) is 11.8 Å². The first-order chi connectivity index (χ1) is 37.1. The molecule has 3 aliphatic heterocycles. The molecule has 3 fully saturated rings. The number of piperidine rings is 1. The molecule has 77 heavy (non-hydrogen) atoms. The van der Waals surface area contributed by atoms with Gasteiger partial charge in [-0.05, 0) is 161 Å². The fourth-order valence-electron chi connectivity index (χ4n) is 12.1. The molecule has 2 atom stereocenters. The van der Waals surface area contributed by atoms with E-state index in [0.29, 0.717) is 66.3 Å². The van der Waals surface area contributed by atoms with Crippen LogP contribution in [0.4, 0.5) is 16.6 Å². The van der Waals surface area contributed by atoms with Gasteiger partial charge in [0.1, 0.15) is 17.2 Å². The average Bonchev–Trinajstić information content (AvgIpc) is 4.09. The van der Waals surface area contributed by atoms with Gasteiger partial charge in [-0.25, -0.2) is 14.8 Å². The van der Waals surface area contributed by atoms with Crippen LogP contribution in [0.3, 0.4) is 0 Å². The molecule has 2 unspecified atom stereocenters. The molecule has 1 saturated carbocycles. The van der Waals surface area contributed by atoms with Gasteiger partial charge in [0.25, 0.3) is 5.91 Å². The molecule has 4 aliphatic rings. The van der Waals surface area contributed by atoms with Gasteiger partial charge in [0.05, 0.1) is 33.4 Å². The van der Waals surface area contributed by atoms with Crippen molar-refractivity contribution in [2.45, 2.75) is 110 Å². The summed E-state index contributed by atoms with van der Waals surface area (Å²) in [6.45, 7) is 16.2. The zero-order valence-corrected chi connectivity index (χ0v) is 45.9. The first-order valence-electron chi connectivity index (χ1n) is 27.4. The highest BCUT2D eigenvalue weighted by atomic mass is 32.1. The van der Waals surface area contributed by atoms with Gasteiger partial charge in [0.15, 0.2) is 10.8 Å². The predicted octanol–water partition coefficient (Wildman–Crippen LogP) is 10.6. The first-order valence-corrected chi connectivity index (χ1v) is 28.2. The summed E-state index contributed by atoms with van der Waals surface area (Å²) in [5.74, 6) is 1.13. The van der Waals surface area contributed by atoms with E-state index in [1.165, 1.54) is 23.4 Å². The highest BCUT2D eigenvalue weighted by Crippen LogP contribution is 2.39. The number of nitrogens with one attached hydrogen (secondary N) is 2. The van der Waals surface area contributed by atoms with E-state index in [2.05, 4.69) is 68.4 Å². The maximum Gasteiger partial charge on any atom is 0.358 e. The van der Waals surface area contributed by atoms with Crippen molar-refractivity contribution in [3.05, 3.63) is 125 Å². The molecule has 0 bridgehead atoms. The maximum absolute atomic E-state index is 14.2. The van der Waals surface area contributed by atoms with E-state index in [4.69, 9.17) is 19.6 Å². The highest BCUT2D eigenvalue weighted by molar-refractivity contribution is 7.22. The Morgan fingerprint density at radius 2 is 1.64 bits per heavy atom. The summed E-state index contributed by atoms with van der Waals surface area (Å²) in [7, 11) is 1.92. The Bertz CT molecular complexity index is 3350. The molecular formula is C61H69N9O6S. The number of fused-ring (bicyclic) bond motifs is 3. The lowest BCUT2D eigenvalue weighted by Gasteiger charge is -2.38. The second-order valence-electron chi connectivity index (χ2n) is 22.7. The molecule has 1 aliphatic carbocycles. The number of rotatable bonds is 13. The van der Waals surface area contributed by atoms with Gasteiger partial charge in [-0.3, -0.25) is 34.6 Å². The molecule has 3 amide bonds. The number of thiazole rings is 1. The molecule has 7 aromatic rings. The maximum atomic E-state index is 14.2. The smallest absolute Gasteiger partial charge is 0.358 e. The number of carbonyl (C=O) groups excluding carboxylic acids is 4. The van der Waals surface area contributed by atoms with E-state index in [1.54, 1.807) is 0 Å². The number of ether oxygens (including phenoxy) is 2. The minimum absolute atomic E-state index is 0.110. The number of amides is 3. The van der Waals surface area contributed by atoms with Crippen molar-refractivity contribution in [1.29, 1.82) is 0 Å². The molecule has 400 valence electrons. The van der Waals surface area contributed by atoms with Crippen molar-refractivity contribution in [2.75, 3.05) is 54.4 Å². The second kappa shape index (κ2) is 21.7. The first kappa shape index (κ1) is 51.9. The minimum atomic E-state index is -0.734. The fraction of sp³-hybridized carbons (Fsp3) is 0.426. The fourth-order valence-corrected chi connectivity index (χ4v) is 12.9. The molecule has 2 saturated heterocycles. The number of esters is 1. The number of benzene rings is 4. The van der Waals surface area contributed by atoms with Crippen molar-refractivity contribution < 1.29 is 28.7 Å². The zero-order chi connectivity index (χ0) is 53.5. The molecular weight excluding hydrogens is 987 g/mol. The normalized spacial score (nSPS) is 19.7. The van der Waals surface area contributed by atoms with E-state index in [-0.39, 0.29) is 29.5 Å². The Hall–Kier alpha value is -7.17. The van der Waals surface area contributed by atoms with E-state index < -0.39 is 17.5 Å². The number of piperazine rings is 1. The van der Waals surface area contributed by atoms with Crippen molar-refractivity contribution >= 4 is 72.8 Å². The molecule has 4 aromatic carbocycles. The summed E-state index contributed by atoms with van der Waals surface area (Å²) in [6, 6.07) is 30.2. The summed E-state index contributed by atoms with van der Waals surface area (Å²) in [5, 5.41) is 11.8. The number of hydrogen-bond donors (Lipinski definition) is 2. The van der Waals surface area contributed by atoms with E-state index in [0.717, 1.165) is 113 Å². The lowest BCUT2D eigenvalue weighted by molar-refractivity contribution is -0.134. The van der Waals surface area contributed by atoms with Crippen LogP contribution in [0.1, 0.15) is 122 Å². The quantitative estimate of drug-likeness (QED) is 0.0831. The number of anilines is 3. The van der Waals surface area contributed by atoms with E-state index in [1.807, 2.05) is 99.2 Å². The van der Waals surface area contributed by atoms with Gasteiger partial charge in [-0.2, -0.15) is 5.10 Å². The monoisotopic (exact) mass is 1060 g/mol. The molecule has 11 rings (SSSR count). The average molecular weight is 1060 g/mol. The number of pyridine rings is 1. The van der Waals surface area contributed by atoms with Crippen LogP contribution < -0.4 is 25.2 Å². The lowest BCUT2D eigenvalue weighted by atomic mass is 9.82. The summed E-state index contributed by atoms with van der Waals surface area (Å²) >= 11 is 1.45. The van der Waals surface area contributed by atoms with Gasteiger partial charge in [-0.15, -0.1) is 0 Å². The molecule has 16 heteroatoms. The van der Waals surface area contributed by atoms with Crippen LogP contribution in [0.2, 0.25) is 0 Å². The molecule has 6 heterocycles. The predicted molar refractivity (Wildman–Crippen MR) is 303 cm³/mol. The number of para-hydroxylation sites is 1. The number of imide groups is 1. The van der Waals surface area contributed by atoms with Gasteiger partial charge in [0, 0.05) is 81.5 Å². The van der Waals surface area contributed by atoms with Gasteiger partial charge >= 0.3 is 5.97 Å². The van der Waals surface area contributed by atoms with Crippen LogP contribution in [-0.2, 0) is 34.3 Å². The summed E-state index contributed by atoms with van der Waals surface area (Å²) < 4.78 is 15.7. The van der Waals surface area contributed by atoms with Crippen LogP contribution in [-0.4, -0.2) is 99.3 Å². The Kier molecular flexibility index (Phi) is 14.6. The van der Waals surface area contributed by atoms with Crippen LogP contribution in [0.15, 0.2) is 91.0 Å². The molecule has 3 aromatic heterocycles. The standard InChI is InChI=1S/C61H69N9O6S/c1-37(35-68-29-31-69(32-30-68)41-19-22-46-50(34-41)67(6)66-55(46)47-24-26-54(71)64-58(47)73)33-39-17-20-42(21-18-39)75-51-15-10-12-43(38(51)2)44-23-25-53(63-56(44)59(74)76-61(3,4)5)70-28-27-40-11-9-13-45(48(40)36-70)57(72)65-60-62-49-14-7-8-16-52(49)77-60/h7-16,19,22-23,25,34,37,39,42,47H,17-18,20-21,24,26-33,35-36H2,1-6H3,(H,62,65,72)(H,64,71,73). The lowest BCUT2D eigenvalue weighted by Crippen LogP contribution is -2.47. The van der Waals surface area contributed by atoms with Crippen molar-refractivity contribution in [2.24, 2.45) is 18.9 Å². The summed E-state index contributed by atoms with van der Waals surface area (Å²) in [4.78, 5) is 69.3. The van der Waals surface area contributed by atoms with Crippen molar-refractivity contribution in [3.8, 4) is 16.9 Å². The Morgan fingerprint density at radius 3 is 2.42 bits per heavy atom. The zero-order valence-electron chi connectivity index (χ0n) is 45.1. The summed E-state index contributed by atoms with van der Waals surface area (Å²) in [6.07, 6.45) is 7.11. The third kappa shape index (κ3) is 11.3. The minimum Gasteiger partial charge on any atom is -0.490 e. The van der Waals surface area contributed by atoms with Crippen molar-refractivity contribution in [1.82, 2.24) is 30.0 Å². The Balaban J connectivity index is 0.700. The molecule has 15 nitrogen and oxygen atoms in total. The SMILES string of the molecule is Cc1c(OC2CCC(CC(C)CN3CCN(c4ccc5c(C6CCC(=O)NC6=O)nn(C)c5c4)CC3)CC2)cccc1-c1ccc(N2CCc3cccc(C(=O)Nc4nc5ccccc5s4)c3C2)nc1C(=O)OC(C)(C)C. The van der Waals surface area contributed by atoms with Crippen molar-refractivity contribution in [3.63, 3.8) is 0 Å². The van der Waals surface area contributed by atoms with Gasteiger partial charge in [-0.1, -0.05) is 54.7 Å². The van der Waals surface area contributed by atoms with Crippen LogP contribution in [0, 0.1) is 18.8 Å². The number of aromatic nitrogens is 4. The Morgan fingerprint density at radius 1 is 0.844 bits per heavy atom. The Labute approximate surface area is 454 Å². The number of hydrogen-bond acceptors (Lipinski definition) is 13. The molecule has 0 spiro atoms.